The van der Waals surface area contributed by atoms with Crippen LogP contribution in [0.5, 0.6) is 0 Å². The summed E-state index contributed by atoms with van der Waals surface area (Å²) in [5, 5.41) is 3.70. The molecule has 1 N–H and O–H groups in total. The third-order valence-corrected chi connectivity index (χ3v) is 0.243. The zero-order valence-corrected chi connectivity index (χ0v) is 3.90. The van der Waals surface area contributed by atoms with Crippen molar-refractivity contribution in [2.45, 2.75) is 0 Å². The Morgan fingerprint density at radius 1 is 1.67 bits per heavy atom. The van der Waals surface area contributed by atoms with Gasteiger partial charge < -0.3 is 4.55 Å². The molecule has 5 heteroatoms. The minimum Gasteiger partial charge on any atom is -0.305 e. The van der Waals surface area contributed by atoms with Crippen LogP contribution >= 0.6 is 12.3 Å². The van der Waals surface area contributed by atoms with Gasteiger partial charge in [-0.2, -0.15) is 0 Å². The molecule has 0 rings (SSSR count). The Morgan fingerprint density at radius 2 is 2.33 bits per heavy atom. The highest BCUT2D eigenvalue weighted by Gasteiger charge is 1.76. The quantitative estimate of drug-likeness (QED) is 0.251. The van der Waals surface area contributed by atoms with Gasteiger partial charge in [0.15, 0.2) is 12.3 Å². The van der Waals surface area contributed by atoms with Gasteiger partial charge in [-0.05, 0) is 0 Å². The fourth-order valence-electron chi connectivity index (χ4n) is 0.0402. The average molecular weight is 112 g/mol. The van der Waals surface area contributed by atoms with E-state index in [4.69, 9.17) is 4.55 Å². The second-order valence-electron chi connectivity index (χ2n) is 0.377. The second kappa shape index (κ2) is 5.19. The molecule has 0 aromatic carbocycles. The fourth-order valence-corrected chi connectivity index (χ4v) is 0.121. The molecule has 0 amide bonds. The normalized spacial score (nSPS) is 9.00. The molecule has 0 atom stereocenters. The summed E-state index contributed by atoms with van der Waals surface area (Å²) in [5.74, 6) is 0. The Bertz CT molecular complexity index is 19.5. The summed E-state index contributed by atoms with van der Waals surface area (Å²) in [5.41, 5.74) is 0. The molecule has 0 aliphatic heterocycles. The molecule has 6 heavy (non-hydrogen) atoms. The van der Waals surface area contributed by atoms with Crippen molar-refractivity contribution in [3.63, 3.8) is 0 Å². The third-order valence-electron chi connectivity index (χ3n) is 0.126. The number of hydrogen-bond acceptors (Lipinski definition) is 5. The van der Waals surface area contributed by atoms with Gasteiger partial charge in [0.2, 0.25) is 0 Å². The first-order chi connectivity index (χ1) is 2.91. The molecule has 0 aromatic heterocycles. The lowest BCUT2D eigenvalue weighted by atomic mass is 11.8. The van der Waals surface area contributed by atoms with Crippen LogP contribution in [0.15, 0.2) is 0 Å². The molecule has 0 aliphatic carbocycles. The highest BCUT2D eigenvalue weighted by atomic mass is 32.2. The molecule has 0 heterocycles. The molecule has 38 valence electrons. The summed E-state index contributed by atoms with van der Waals surface area (Å²) in [4.78, 5) is 3.88. The van der Waals surface area contributed by atoms with Gasteiger partial charge in [-0.25, -0.2) is 4.89 Å². The van der Waals surface area contributed by atoms with Gasteiger partial charge in [0.1, 0.15) is 0 Å². The highest BCUT2D eigenvalue weighted by Crippen LogP contribution is 1.92. The Labute approximate surface area is 39.3 Å². The van der Waals surface area contributed by atoms with E-state index in [9.17, 15) is 0 Å². The molecule has 0 bridgehead atoms. The van der Waals surface area contributed by atoms with Crippen molar-refractivity contribution in [2.75, 3.05) is 7.11 Å². The predicted octanol–water partition coefficient (Wildman–Crippen LogP) is 0.617. The van der Waals surface area contributed by atoms with Crippen LogP contribution in [0.4, 0.5) is 0 Å². The molecule has 0 saturated heterocycles. The van der Waals surface area contributed by atoms with Crippen molar-refractivity contribution in [3.8, 4) is 0 Å². The lowest BCUT2D eigenvalue weighted by Gasteiger charge is -1.87. The Kier molecular flexibility index (Phi) is 5.35. The molecule has 0 saturated carbocycles. The zero-order chi connectivity index (χ0) is 4.83. The van der Waals surface area contributed by atoms with E-state index in [-0.39, 0.29) is 12.3 Å². The van der Waals surface area contributed by atoms with Crippen LogP contribution in [0.25, 0.3) is 0 Å². The third kappa shape index (κ3) is 4.19. The SMILES string of the molecule is COOOSO. The molecule has 0 fully saturated rings. The van der Waals surface area contributed by atoms with Gasteiger partial charge >= 0.3 is 0 Å². The lowest BCUT2D eigenvalue weighted by Crippen LogP contribution is -1.81. The summed E-state index contributed by atoms with van der Waals surface area (Å²) in [6, 6.07) is 0. The van der Waals surface area contributed by atoms with E-state index < -0.39 is 0 Å². The van der Waals surface area contributed by atoms with E-state index in [2.05, 4.69) is 14.3 Å². The first-order valence-corrected chi connectivity index (χ1v) is 1.79. The summed E-state index contributed by atoms with van der Waals surface area (Å²) in [7, 11) is 1.26. The van der Waals surface area contributed by atoms with E-state index in [0.717, 1.165) is 0 Å². The summed E-state index contributed by atoms with van der Waals surface area (Å²) >= 11 is 0.0790. The minimum atomic E-state index is 0.0790. The van der Waals surface area contributed by atoms with Crippen LogP contribution in [0.2, 0.25) is 0 Å². The standard InChI is InChI=1S/CH4O4S/c1-3-4-5-6-2/h2H,1H3. The predicted molar refractivity (Wildman–Crippen MR) is 19.4 cm³/mol. The first kappa shape index (κ1) is 6.19. The molecular formula is CH4O4S. The second-order valence-corrected chi connectivity index (χ2v) is 0.662. The summed E-state index contributed by atoms with van der Waals surface area (Å²) in [6.45, 7) is 0. The monoisotopic (exact) mass is 112 g/mol. The molecule has 0 radical (unpaired) electrons. The maximum atomic E-state index is 7.69. The van der Waals surface area contributed by atoms with Crippen LogP contribution in [0.3, 0.4) is 0 Å². The van der Waals surface area contributed by atoms with Gasteiger partial charge in [-0.1, -0.05) is 5.04 Å². The van der Waals surface area contributed by atoms with E-state index in [1.807, 2.05) is 0 Å². The molecule has 0 aromatic rings. The summed E-state index contributed by atoms with van der Waals surface area (Å²) < 4.78 is 11.4. The molecule has 4 nitrogen and oxygen atoms in total. The lowest BCUT2D eigenvalue weighted by molar-refractivity contribution is -0.449. The topological polar surface area (TPSA) is 47.9 Å². The Morgan fingerprint density at radius 3 is 2.50 bits per heavy atom. The maximum absolute atomic E-state index is 7.69. The van der Waals surface area contributed by atoms with Crippen molar-refractivity contribution >= 4 is 12.3 Å². The van der Waals surface area contributed by atoms with Crippen molar-refractivity contribution in [3.05, 3.63) is 0 Å². The van der Waals surface area contributed by atoms with Gasteiger partial charge in [-0.3, -0.25) is 0 Å². The van der Waals surface area contributed by atoms with E-state index >= 15 is 0 Å². The van der Waals surface area contributed by atoms with Crippen LogP contribution in [-0.2, 0) is 14.3 Å². The highest BCUT2D eigenvalue weighted by molar-refractivity contribution is 7.88. The molecule has 0 aliphatic rings. The molecule has 0 unspecified atom stereocenters. The Balaban J connectivity index is 2.34. The van der Waals surface area contributed by atoms with E-state index in [1.54, 1.807) is 0 Å². The maximum Gasteiger partial charge on any atom is 0.194 e. The van der Waals surface area contributed by atoms with Crippen LogP contribution < -0.4 is 0 Å². The van der Waals surface area contributed by atoms with Crippen molar-refractivity contribution in [1.29, 1.82) is 0 Å². The van der Waals surface area contributed by atoms with Gasteiger partial charge in [-0.15, -0.1) is 4.33 Å². The van der Waals surface area contributed by atoms with Crippen LogP contribution in [-0.4, -0.2) is 11.7 Å². The van der Waals surface area contributed by atoms with Gasteiger partial charge in [0.05, 0.1) is 7.11 Å². The fraction of sp³-hybridized carbons (Fsp3) is 1.00. The van der Waals surface area contributed by atoms with E-state index in [1.165, 1.54) is 7.11 Å². The van der Waals surface area contributed by atoms with Crippen molar-refractivity contribution in [1.82, 2.24) is 0 Å². The van der Waals surface area contributed by atoms with Crippen LogP contribution in [0, 0.1) is 0 Å². The minimum absolute atomic E-state index is 0.0790. The summed E-state index contributed by atoms with van der Waals surface area (Å²) in [6.07, 6.45) is 0. The number of hydrogen-bond donors (Lipinski definition) is 1. The van der Waals surface area contributed by atoms with E-state index in [0.29, 0.717) is 0 Å². The smallest absolute Gasteiger partial charge is 0.194 e. The molecule has 0 spiro atoms. The van der Waals surface area contributed by atoms with Gasteiger partial charge in [0, 0.05) is 0 Å². The Hall–Kier alpha value is 0.190. The average Bonchev–Trinajstić information content (AvgIpc) is 1.61. The first-order valence-electron chi connectivity index (χ1n) is 1.09. The van der Waals surface area contributed by atoms with Gasteiger partial charge in [0.25, 0.3) is 0 Å². The van der Waals surface area contributed by atoms with Crippen LogP contribution in [0.1, 0.15) is 0 Å². The number of rotatable bonds is 3. The van der Waals surface area contributed by atoms with Crippen molar-refractivity contribution in [2.24, 2.45) is 0 Å². The van der Waals surface area contributed by atoms with Crippen molar-refractivity contribution < 1.29 is 18.8 Å². The largest absolute Gasteiger partial charge is 0.305 e. The molecular weight excluding hydrogens is 108 g/mol. The zero-order valence-electron chi connectivity index (χ0n) is 3.08.